The minimum atomic E-state index is -3.62. The SMILES string of the molecule is Cc1ccc(S(=O)(=O)N[C@H]2CCCC[C@@H]2O)cc1N. The van der Waals surface area contributed by atoms with Gasteiger partial charge in [0.2, 0.25) is 10.0 Å². The van der Waals surface area contributed by atoms with Crippen molar-refractivity contribution in [3.63, 3.8) is 0 Å². The molecule has 4 N–H and O–H groups in total. The van der Waals surface area contributed by atoms with Gasteiger partial charge in [0, 0.05) is 11.7 Å². The average molecular weight is 284 g/mol. The summed E-state index contributed by atoms with van der Waals surface area (Å²) >= 11 is 0. The number of aliphatic hydroxyl groups excluding tert-OH is 1. The quantitative estimate of drug-likeness (QED) is 0.726. The molecule has 1 aliphatic rings. The zero-order chi connectivity index (χ0) is 14.0. The van der Waals surface area contributed by atoms with Crippen molar-refractivity contribution in [2.45, 2.75) is 49.6 Å². The Morgan fingerprint density at radius 2 is 2.00 bits per heavy atom. The zero-order valence-corrected chi connectivity index (χ0v) is 11.8. The number of aryl methyl sites for hydroxylation is 1. The molecule has 0 heterocycles. The highest BCUT2D eigenvalue weighted by Gasteiger charge is 2.28. The summed E-state index contributed by atoms with van der Waals surface area (Å²) in [6.45, 7) is 1.82. The minimum absolute atomic E-state index is 0.147. The third-order valence-corrected chi connectivity index (χ3v) is 5.08. The normalized spacial score (nSPS) is 24.3. The molecular formula is C13H20N2O3S. The molecule has 0 spiro atoms. The van der Waals surface area contributed by atoms with Crippen LogP contribution in [-0.2, 0) is 10.0 Å². The van der Waals surface area contributed by atoms with Crippen molar-refractivity contribution in [3.05, 3.63) is 23.8 Å². The van der Waals surface area contributed by atoms with Crippen LogP contribution in [0.1, 0.15) is 31.2 Å². The smallest absolute Gasteiger partial charge is 0.240 e. The van der Waals surface area contributed by atoms with Crippen LogP contribution in [0.2, 0.25) is 0 Å². The van der Waals surface area contributed by atoms with E-state index in [2.05, 4.69) is 4.72 Å². The predicted molar refractivity (Wildman–Crippen MR) is 74.2 cm³/mol. The van der Waals surface area contributed by atoms with E-state index in [0.29, 0.717) is 18.5 Å². The summed E-state index contributed by atoms with van der Waals surface area (Å²) in [5.74, 6) is 0. The molecule has 1 fully saturated rings. The molecule has 0 saturated heterocycles. The summed E-state index contributed by atoms with van der Waals surface area (Å²) in [7, 11) is -3.62. The Morgan fingerprint density at radius 3 is 2.63 bits per heavy atom. The molecular weight excluding hydrogens is 264 g/mol. The van der Waals surface area contributed by atoms with Crippen molar-refractivity contribution in [2.24, 2.45) is 0 Å². The Balaban J connectivity index is 2.19. The molecule has 0 bridgehead atoms. The van der Waals surface area contributed by atoms with E-state index in [4.69, 9.17) is 5.73 Å². The van der Waals surface area contributed by atoms with Crippen LogP contribution in [0.3, 0.4) is 0 Å². The highest BCUT2D eigenvalue weighted by atomic mass is 32.2. The first kappa shape index (κ1) is 14.3. The molecule has 2 atom stereocenters. The van der Waals surface area contributed by atoms with Crippen molar-refractivity contribution in [2.75, 3.05) is 5.73 Å². The molecule has 1 aromatic rings. The molecule has 6 heteroatoms. The van der Waals surface area contributed by atoms with Gasteiger partial charge in [0.25, 0.3) is 0 Å². The number of hydrogen-bond acceptors (Lipinski definition) is 4. The Kier molecular flexibility index (Phi) is 4.13. The van der Waals surface area contributed by atoms with Crippen LogP contribution in [0, 0.1) is 6.92 Å². The maximum atomic E-state index is 12.2. The molecule has 19 heavy (non-hydrogen) atoms. The molecule has 1 aromatic carbocycles. The van der Waals surface area contributed by atoms with Crippen LogP contribution >= 0.6 is 0 Å². The van der Waals surface area contributed by atoms with Crippen LogP contribution in [0.4, 0.5) is 5.69 Å². The van der Waals surface area contributed by atoms with E-state index in [1.54, 1.807) is 6.07 Å². The number of hydrogen-bond donors (Lipinski definition) is 3. The first-order valence-electron chi connectivity index (χ1n) is 6.46. The Hall–Kier alpha value is -1.11. The van der Waals surface area contributed by atoms with E-state index in [1.807, 2.05) is 6.92 Å². The maximum Gasteiger partial charge on any atom is 0.240 e. The summed E-state index contributed by atoms with van der Waals surface area (Å²) < 4.78 is 27.0. The van der Waals surface area contributed by atoms with Gasteiger partial charge in [-0.3, -0.25) is 0 Å². The van der Waals surface area contributed by atoms with Gasteiger partial charge in [-0.05, 0) is 37.5 Å². The van der Waals surface area contributed by atoms with Crippen LogP contribution < -0.4 is 10.5 Å². The molecule has 2 rings (SSSR count). The lowest BCUT2D eigenvalue weighted by atomic mass is 9.93. The van der Waals surface area contributed by atoms with E-state index in [0.717, 1.165) is 18.4 Å². The monoisotopic (exact) mass is 284 g/mol. The van der Waals surface area contributed by atoms with E-state index in [9.17, 15) is 13.5 Å². The fraction of sp³-hybridized carbons (Fsp3) is 0.538. The number of anilines is 1. The summed E-state index contributed by atoms with van der Waals surface area (Å²) in [5.41, 5.74) is 7.03. The molecule has 0 radical (unpaired) electrons. The first-order valence-corrected chi connectivity index (χ1v) is 7.95. The zero-order valence-electron chi connectivity index (χ0n) is 11.0. The number of sulfonamides is 1. The maximum absolute atomic E-state index is 12.2. The summed E-state index contributed by atoms with van der Waals surface area (Å²) in [6, 6.07) is 4.26. The first-order chi connectivity index (χ1) is 8.90. The second-order valence-corrected chi connectivity index (χ2v) is 6.81. The van der Waals surface area contributed by atoms with Gasteiger partial charge in [-0.1, -0.05) is 18.9 Å². The Labute approximate surface area is 113 Å². The summed E-state index contributed by atoms with van der Waals surface area (Å²) in [6.07, 6.45) is 2.58. The lowest BCUT2D eigenvalue weighted by Gasteiger charge is -2.28. The molecule has 5 nitrogen and oxygen atoms in total. The van der Waals surface area contributed by atoms with Gasteiger partial charge in [0.15, 0.2) is 0 Å². The third kappa shape index (κ3) is 3.26. The number of nitrogens with two attached hydrogens (primary N) is 1. The molecule has 1 aliphatic carbocycles. The number of aliphatic hydroxyl groups is 1. The average Bonchev–Trinajstić information content (AvgIpc) is 2.35. The van der Waals surface area contributed by atoms with Gasteiger partial charge in [0.1, 0.15) is 0 Å². The van der Waals surface area contributed by atoms with Crippen LogP contribution in [-0.4, -0.2) is 25.7 Å². The fourth-order valence-corrected chi connectivity index (χ4v) is 3.64. The molecule has 0 aromatic heterocycles. The van der Waals surface area contributed by atoms with Crippen molar-refractivity contribution in [1.82, 2.24) is 4.72 Å². The van der Waals surface area contributed by atoms with Gasteiger partial charge in [-0.2, -0.15) is 0 Å². The molecule has 1 saturated carbocycles. The number of nitrogens with one attached hydrogen (secondary N) is 1. The predicted octanol–water partition coefficient (Wildman–Crippen LogP) is 1.16. The number of nitrogen functional groups attached to an aromatic ring is 1. The van der Waals surface area contributed by atoms with Crippen LogP contribution in [0.25, 0.3) is 0 Å². The van der Waals surface area contributed by atoms with Crippen molar-refractivity contribution in [1.29, 1.82) is 0 Å². The van der Waals surface area contributed by atoms with Crippen molar-refractivity contribution in [3.8, 4) is 0 Å². The highest BCUT2D eigenvalue weighted by molar-refractivity contribution is 7.89. The standard InChI is InChI=1S/C13H20N2O3S/c1-9-6-7-10(8-11(9)14)19(17,18)15-12-4-2-3-5-13(12)16/h6-8,12-13,15-16H,2-5,14H2,1H3/t12-,13-/m0/s1. The largest absolute Gasteiger partial charge is 0.398 e. The van der Waals surface area contributed by atoms with Gasteiger partial charge < -0.3 is 10.8 Å². The lowest BCUT2D eigenvalue weighted by molar-refractivity contribution is 0.101. The van der Waals surface area contributed by atoms with Gasteiger partial charge in [0.05, 0.1) is 11.0 Å². The molecule has 0 unspecified atom stereocenters. The van der Waals surface area contributed by atoms with Crippen molar-refractivity contribution < 1.29 is 13.5 Å². The second kappa shape index (κ2) is 5.48. The lowest BCUT2D eigenvalue weighted by Crippen LogP contribution is -2.44. The summed E-state index contributed by atoms with van der Waals surface area (Å²) in [4.78, 5) is 0.147. The highest BCUT2D eigenvalue weighted by Crippen LogP contribution is 2.22. The minimum Gasteiger partial charge on any atom is -0.398 e. The topological polar surface area (TPSA) is 92.4 Å². The second-order valence-electron chi connectivity index (χ2n) is 5.10. The fourth-order valence-electron chi connectivity index (χ4n) is 2.30. The third-order valence-electron chi connectivity index (χ3n) is 3.60. The van der Waals surface area contributed by atoms with Gasteiger partial charge in [-0.25, -0.2) is 13.1 Å². The summed E-state index contributed by atoms with van der Waals surface area (Å²) in [5, 5.41) is 9.83. The Bertz CT molecular complexity index is 557. The van der Waals surface area contributed by atoms with Crippen molar-refractivity contribution >= 4 is 15.7 Å². The van der Waals surface area contributed by atoms with E-state index < -0.39 is 22.2 Å². The van der Waals surface area contributed by atoms with E-state index >= 15 is 0 Å². The van der Waals surface area contributed by atoms with E-state index in [-0.39, 0.29) is 4.90 Å². The van der Waals surface area contributed by atoms with Crippen LogP contribution in [0.15, 0.2) is 23.1 Å². The molecule has 106 valence electrons. The van der Waals surface area contributed by atoms with Crippen LogP contribution in [0.5, 0.6) is 0 Å². The van der Waals surface area contributed by atoms with Gasteiger partial charge in [-0.15, -0.1) is 0 Å². The molecule has 0 amide bonds. The van der Waals surface area contributed by atoms with Gasteiger partial charge >= 0.3 is 0 Å². The number of rotatable bonds is 3. The molecule has 0 aliphatic heterocycles. The number of benzene rings is 1. The van der Waals surface area contributed by atoms with E-state index in [1.165, 1.54) is 12.1 Å². The Morgan fingerprint density at radius 1 is 1.32 bits per heavy atom.